The van der Waals surface area contributed by atoms with Crippen LogP contribution in [0.3, 0.4) is 0 Å². The highest BCUT2D eigenvalue weighted by Crippen LogP contribution is 2.25. The van der Waals surface area contributed by atoms with Gasteiger partial charge in [-0.05, 0) is 22.4 Å². The van der Waals surface area contributed by atoms with E-state index >= 15 is 0 Å². The van der Waals surface area contributed by atoms with Crippen LogP contribution in [0.25, 0.3) is 0 Å². The van der Waals surface area contributed by atoms with E-state index in [1.54, 1.807) is 10.3 Å². The van der Waals surface area contributed by atoms with Crippen LogP contribution in [0.15, 0.2) is 15.2 Å². The Morgan fingerprint density at radius 2 is 2.24 bits per heavy atom. The second kappa shape index (κ2) is 4.70. The molecule has 2 heterocycles. The summed E-state index contributed by atoms with van der Waals surface area (Å²) in [7, 11) is -3.05. The monoisotopic (exact) mass is 337 g/mol. The van der Waals surface area contributed by atoms with Crippen molar-refractivity contribution >= 4 is 43.0 Å². The van der Waals surface area contributed by atoms with E-state index in [-0.39, 0.29) is 5.91 Å². The van der Waals surface area contributed by atoms with Crippen LogP contribution in [-0.2, 0) is 9.84 Å². The number of carbonyl (C=O) groups excluding carboxylic acids is 1. The molecule has 0 spiro atoms. The van der Waals surface area contributed by atoms with Crippen molar-refractivity contribution in [1.82, 2.24) is 4.90 Å². The zero-order valence-electron chi connectivity index (χ0n) is 9.22. The van der Waals surface area contributed by atoms with Gasteiger partial charge in [0.15, 0.2) is 9.84 Å². The Balaban J connectivity index is 2.12. The molecule has 0 aliphatic carbocycles. The van der Waals surface area contributed by atoms with Gasteiger partial charge in [0, 0.05) is 34.6 Å². The average molecular weight is 338 g/mol. The Morgan fingerprint density at radius 1 is 1.53 bits per heavy atom. The smallest absolute Gasteiger partial charge is 0.255 e. The van der Waals surface area contributed by atoms with Gasteiger partial charge in [-0.3, -0.25) is 4.79 Å². The average Bonchev–Trinajstić information content (AvgIpc) is 2.83. The Hall–Kier alpha value is -0.400. The van der Waals surface area contributed by atoms with Crippen LogP contribution >= 0.6 is 27.3 Å². The lowest BCUT2D eigenvalue weighted by Gasteiger charge is -2.15. The summed E-state index contributed by atoms with van der Waals surface area (Å²) in [5, 5.41) is 3.21. The lowest BCUT2D eigenvalue weighted by Crippen LogP contribution is -2.31. The molecule has 0 saturated carbocycles. The molecule has 1 aliphatic rings. The summed E-state index contributed by atoms with van der Waals surface area (Å²) in [6, 6.07) is 0. The normalized spacial score (nSPS) is 20.8. The molecule has 1 aromatic heterocycles. The van der Waals surface area contributed by atoms with Gasteiger partial charge in [0.05, 0.1) is 10.8 Å². The summed E-state index contributed by atoms with van der Waals surface area (Å²) in [4.78, 5) is 13.7. The topological polar surface area (TPSA) is 54.5 Å². The van der Waals surface area contributed by atoms with Crippen molar-refractivity contribution in [3.63, 3.8) is 0 Å². The van der Waals surface area contributed by atoms with Crippen molar-refractivity contribution in [2.45, 2.75) is 11.7 Å². The fourth-order valence-electron chi connectivity index (χ4n) is 1.87. The van der Waals surface area contributed by atoms with Crippen LogP contribution in [0.5, 0.6) is 0 Å². The first-order valence-electron chi connectivity index (χ1n) is 5.09. The number of likely N-dealkylation sites (tertiary alicyclic amines) is 1. The van der Waals surface area contributed by atoms with Gasteiger partial charge in [-0.25, -0.2) is 8.42 Å². The van der Waals surface area contributed by atoms with Crippen LogP contribution in [0.2, 0.25) is 0 Å². The predicted octanol–water partition coefficient (Wildman–Crippen LogP) is 1.77. The number of rotatable bonds is 2. The van der Waals surface area contributed by atoms with E-state index in [4.69, 9.17) is 0 Å². The highest BCUT2D eigenvalue weighted by molar-refractivity contribution is 9.10. The van der Waals surface area contributed by atoms with E-state index in [0.717, 1.165) is 4.47 Å². The zero-order chi connectivity index (χ0) is 12.6. The summed E-state index contributed by atoms with van der Waals surface area (Å²) in [5.74, 6) is -0.0933. The molecule has 0 aromatic carbocycles. The fourth-order valence-corrected chi connectivity index (χ4v) is 4.29. The minimum atomic E-state index is -3.05. The second-order valence-electron chi connectivity index (χ2n) is 4.12. The standard InChI is InChI=1S/C10H12BrNO3S2/c1-17(14,15)7-2-3-12(4-7)10(13)8-5-16-6-9(8)11/h5-7H,2-4H2,1H3. The number of thiophene rings is 1. The van der Waals surface area contributed by atoms with Crippen LogP contribution in [0, 0.1) is 0 Å². The maximum absolute atomic E-state index is 12.1. The number of sulfone groups is 1. The van der Waals surface area contributed by atoms with Gasteiger partial charge >= 0.3 is 0 Å². The predicted molar refractivity (Wildman–Crippen MR) is 71.2 cm³/mol. The third-order valence-electron chi connectivity index (χ3n) is 2.88. The lowest BCUT2D eigenvalue weighted by atomic mass is 10.3. The molecule has 1 unspecified atom stereocenters. The number of hydrogen-bond acceptors (Lipinski definition) is 4. The fraction of sp³-hybridized carbons (Fsp3) is 0.500. The van der Waals surface area contributed by atoms with Crippen molar-refractivity contribution in [3.8, 4) is 0 Å². The van der Waals surface area contributed by atoms with Gasteiger partial charge < -0.3 is 4.90 Å². The Kier molecular flexibility index (Phi) is 3.61. The summed E-state index contributed by atoms with van der Waals surface area (Å²) in [6.07, 6.45) is 1.76. The molecule has 7 heteroatoms. The summed E-state index contributed by atoms with van der Waals surface area (Å²) >= 11 is 4.76. The Morgan fingerprint density at radius 3 is 2.71 bits per heavy atom. The molecule has 17 heavy (non-hydrogen) atoms. The van der Waals surface area contributed by atoms with Crippen LogP contribution in [0.1, 0.15) is 16.8 Å². The molecule has 0 bridgehead atoms. The van der Waals surface area contributed by atoms with Crippen molar-refractivity contribution in [3.05, 3.63) is 20.8 Å². The molecule has 1 aromatic rings. The lowest BCUT2D eigenvalue weighted by molar-refractivity contribution is 0.0793. The maximum atomic E-state index is 12.1. The quantitative estimate of drug-likeness (QED) is 0.826. The van der Waals surface area contributed by atoms with Gasteiger partial charge in [0.1, 0.15) is 0 Å². The molecule has 1 saturated heterocycles. The Bertz CT molecular complexity index is 538. The van der Waals surface area contributed by atoms with Gasteiger partial charge in [-0.2, -0.15) is 11.3 Å². The van der Waals surface area contributed by atoms with Crippen molar-refractivity contribution in [2.24, 2.45) is 0 Å². The molecule has 1 aliphatic heterocycles. The number of halogens is 1. The molecule has 4 nitrogen and oxygen atoms in total. The van der Waals surface area contributed by atoms with Gasteiger partial charge in [0.2, 0.25) is 0 Å². The maximum Gasteiger partial charge on any atom is 0.255 e. The first kappa shape index (κ1) is 13.0. The van der Waals surface area contributed by atoms with Crippen molar-refractivity contribution < 1.29 is 13.2 Å². The summed E-state index contributed by atoms with van der Waals surface area (Å²) in [6.45, 7) is 0.818. The van der Waals surface area contributed by atoms with Crippen molar-refractivity contribution in [1.29, 1.82) is 0 Å². The number of hydrogen-bond donors (Lipinski definition) is 0. The van der Waals surface area contributed by atoms with Crippen molar-refractivity contribution in [2.75, 3.05) is 19.3 Å². The van der Waals surface area contributed by atoms with E-state index in [1.807, 2.05) is 5.38 Å². The summed E-state index contributed by atoms with van der Waals surface area (Å²) < 4.78 is 23.6. The minimum Gasteiger partial charge on any atom is -0.337 e. The number of carbonyl (C=O) groups is 1. The minimum absolute atomic E-state index is 0.0933. The third-order valence-corrected chi connectivity index (χ3v) is 6.18. The molecule has 1 fully saturated rings. The van der Waals surface area contributed by atoms with Gasteiger partial charge in [0.25, 0.3) is 5.91 Å². The first-order chi connectivity index (χ1) is 7.89. The Labute approximate surface area is 113 Å². The van der Waals surface area contributed by atoms with Crippen LogP contribution in [0.4, 0.5) is 0 Å². The molecular weight excluding hydrogens is 326 g/mol. The molecule has 0 radical (unpaired) electrons. The number of amides is 1. The highest BCUT2D eigenvalue weighted by atomic mass is 79.9. The van der Waals surface area contributed by atoms with E-state index in [1.165, 1.54) is 17.6 Å². The SMILES string of the molecule is CS(=O)(=O)C1CCN(C(=O)c2cscc2Br)C1. The largest absolute Gasteiger partial charge is 0.337 e. The van der Waals surface area contributed by atoms with E-state index in [2.05, 4.69) is 15.9 Å². The molecule has 94 valence electrons. The third kappa shape index (κ3) is 2.71. The highest BCUT2D eigenvalue weighted by Gasteiger charge is 2.33. The second-order valence-corrected chi connectivity index (χ2v) is 8.05. The van der Waals surface area contributed by atoms with E-state index in [0.29, 0.717) is 25.1 Å². The zero-order valence-corrected chi connectivity index (χ0v) is 12.4. The number of nitrogens with zero attached hydrogens (tertiary/aromatic N) is 1. The van der Waals surface area contributed by atoms with E-state index < -0.39 is 15.1 Å². The summed E-state index contributed by atoms with van der Waals surface area (Å²) in [5.41, 5.74) is 0.615. The molecular formula is C10H12BrNO3S2. The molecule has 1 atom stereocenters. The molecule has 2 rings (SSSR count). The van der Waals surface area contributed by atoms with E-state index in [9.17, 15) is 13.2 Å². The van der Waals surface area contributed by atoms with Gasteiger partial charge in [-0.1, -0.05) is 0 Å². The first-order valence-corrected chi connectivity index (χ1v) is 8.78. The van der Waals surface area contributed by atoms with Crippen LogP contribution < -0.4 is 0 Å². The van der Waals surface area contributed by atoms with Gasteiger partial charge in [-0.15, -0.1) is 0 Å². The van der Waals surface area contributed by atoms with Crippen LogP contribution in [-0.4, -0.2) is 43.8 Å². The molecule has 1 amide bonds. The molecule has 0 N–H and O–H groups in total.